The van der Waals surface area contributed by atoms with Crippen LogP contribution in [0.4, 0.5) is 9.18 Å². The second-order valence-electron chi connectivity index (χ2n) is 10.6. The maximum absolute atomic E-state index is 15.6. The molecule has 0 aromatic heterocycles. The zero-order chi connectivity index (χ0) is 32.8. The number of amides is 1. The van der Waals surface area contributed by atoms with Crippen molar-refractivity contribution in [2.75, 3.05) is 13.2 Å². The molecule has 2 aliphatic rings. The molecule has 2 aromatic rings. The number of benzene rings is 2. The van der Waals surface area contributed by atoms with Gasteiger partial charge in [-0.1, -0.05) is 48.5 Å². The van der Waals surface area contributed by atoms with Crippen LogP contribution in [0.5, 0.6) is 0 Å². The van der Waals surface area contributed by atoms with E-state index in [1.807, 2.05) is 48.5 Å². The van der Waals surface area contributed by atoms with E-state index in [1.165, 1.54) is 6.92 Å². The number of alkyl carbamates (subject to hydrolysis) is 1. The van der Waals surface area contributed by atoms with E-state index in [1.54, 1.807) is 0 Å². The summed E-state index contributed by atoms with van der Waals surface area (Å²) in [5.41, 5.74) is 3.94. The lowest BCUT2D eigenvalue weighted by Crippen LogP contribution is -2.61. The van der Waals surface area contributed by atoms with Gasteiger partial charge in [0.05, 0.1) is 6.10 Å². The monoisotopic (exact) mass is 631 g/mol. The van der Waals surface area contributed by atoms with Crippen molar-refractivity contribution in [2.24, 2.45) is 0 Å². The van der Waals surface area contributed by atoms with Gasteiger partial charge in [0.15, 0.2) is 18.2 Å². The Morgan fingerprint density at radius 1 is 0.822 bits per heavy atom. The zero-order valence-corrected chi connectivity index (χ0v) is 25.0. The zero-order valence-electron chi connectivity index (χ0n) is 25.0. The van der Waals surface area contributed by atoms with Crippen molar-refractivity contribution in [3.63, 3.8) is 0 Å². The van der Waals surface area contributed by atoms with E-state index in [2.05, 4.69) is 5.32 Å². The molecule has 1 amide bonds. The van der Waals surface area contributed by atoms with Crippen LogP contribution in [-0.2, 0) is 47.6 Å². The SMILES string of the molecule is CC(=O)OC[C@H]1O[C@H](OC(=O)[C@@H](NC(=O)OCC2c3ccccc3-c3ccccc32)[C@@H](C)O)[C@H](F)[C@@H](OC(C)=O)[C@@H]1OC(C)=O. The minimum Gasteiger partial charge on any atom is -0.463 e. The fraction of sp³-hybridized carbons (Fsp3) is 0.452. The van der Waals surface area contributed by atoms with Crippen LogP contribution >= 0.6 is 0 Å². The predicted molar refractivity (Wildman–Crippen MR) is 151 cm³/mol. The van der Waals surface area contributed by atoms with Gasteiger partial charge in [-0.25, -0.2) is 14.0 Å². The highest BCUT2D eigenvalue weighted by atomic mass is 19.1. The van der Waals surface area contributed by atoms with Gasteiger partial charge in [-0.3, -0.25) is 14.4 Å². The second-order valence-corrected chi connectivity index (χ2v) is 10.6. The summed E-state index contributed by atoms with van der Waals surface area (Å²) in [5.74, 6) is -4.17. The van der Waals surface area contributed by atoms with E-state index in [0.29, 0.717) is 0 Å². The van der Waals surface area contributed by atoms with Gasteiger partial charge in [-0.2, -0.15) is 0 Å². The van der Waals surface area contributed by atoms with Gasteiger partial charge in [-0.15, -0.1) is 0 Å². The minimum absolute atomic E-state index is 0.0842. The molecule has 2 N–H and O–H groups in total. The first-order chi connectivity index (χ1) is 21.4. The average molecular weight is 632 g/mol. The molecular formula is C31H34FNO12. The smallest absolute Gasteiger partial charge is 0.407 e. The molecule has 7 atom stereocenters. The van der Waals surface area contributed by atoms with Crippen LogP contribution in [0.25, 0.3) is 11.1 Å². The number of aliphatic hydroxyl groups excluding tert-OH is 1. The van der Waals surface area contributed by atoms with Gasteiger partial charge in [0.25, 0.3) is 0 Å². The molecule has 242 valence electrons. The summed E-state index contributed by atoms with van der Waals surface area (Å²) in [6, 6.07) is 13.6. The number of hydrogen-bond acceptors (Lipinski definition) is 12. The van der Waals surface area contributed by atoms with E-state index < -0.39 is 79.5 Å². The van der Waals surface area contributed by atoms with Crippen LogP contribution in [0.1, 0.15) is 44.7 Å². The van der Waals surface area contributed by atoms with Gasteiger partial charge in [0.1, 0.15) is 19.3 Å². The summed E-state index contributed by atoms with van der Waals surface area (Å²) < 4.78 is 46.7. The van der Waals surface area contributed by atoms with Crippen LogP contribution in [0.3, 0.4) is 0 Å². The Balaban J connectivity index is 1.45. The van der Waals surface area contributed by atoms with Crippen LogP contribution in [0.2, 0.25) is 0 Å². The molecule has 1 aliphatic carbocycles. The number of ether oxygens (including phenoxy) is 6. The lowest BCUT2D eigenvalue weighted by atomic mass is 9.98. The number of carbonyl (C=O) groups is 5. The lowest BCUT2D eigenvalue weighted by Gasteiger charge is -2.41. The number of aliphatic hydroxyl groups is 1. The number of alkyl halides is 1. The molecule has 14 heteroatoms. The number of esters is 4. The number of rotatable bonds is 10. The van der Waals surface area contributed by atoms with Crippen LogP contribution in [-0.4, -0.2) is 91.2 Å². The third kappa shape index (κ3) is 7.94. The highest BCUT2D eigenvalue weighted by Gasteiger charge is 2.53. The first-order valence-corrected chi connectivity index (χ1v) is 14.1. The molecule has 2 aromatic carbocycles. The van der Waals surface area contributed by atoms with Gasteiger partial charge in [0.2, 0.25) is 12.5 Å². The van der Waals surface area contributed by atoms with Gasteiger partial charge < -0.3 is 38.8 Å². The first-order valence-electron chi connectivity index (χ1n) is 14.1. The number of hydrogen-bond donors (Lipinski definition) is 2. The standard InChI is InChI=1S/C31H34FNO12/c1-15(34)26(33-31(39)41-13-23-21-11-7-5-9-19(21)20-10-6-8-12-22(20)23)29(38)45-30-25(32)28(43-18(4)37)27(42-17(3)36)24(44-30)14-40-16(2)35/h5-12,15,23-28,30,34H,13-14H2,1-4H3,(H,33,39)/t15-,24-,25-,26+,27-,28-,30-/m1/s1. The average Bonchev–Trinajstić information content (AvgIpc) is 3.30. The van der Waals surface area contributed by atoms with Crippen LogP contribution < -0.4 is 5.32 Å². The Hall–Kier alpha value is -4.56. The first kappa shape index (κ1) is 33.3. The van der Waals surface area contributed by atoms with Crippen molar-refractivity contribution in [3.05, 3.63) is 59.7 Å². The highest BCUT2D eigenvalue weighted by molar-refractivity contribution is 5.82. The van der Waals surface area contributed by atoms with Crippen molar-refractivity contribution in [3.8, 4) is 11.1 Å². The topological polar surface area (TPSA) is 173 Å². The van der Waals surface area contributed by atoms with Crippen molar-refractivity contribution in [1.29, 1.82) is 0 Å². The van der Waals surface area contributed by atoms with E-state index in [4.69, 9.17) is 28.4 Å². The molecule has 45 heavy (non-hydrogen) atoms. The van der Waals surface area contributed by atoms with E-state index in [-0.39, 0.29) is 12.5 Å². The molecule has 0 unspecified atom stereocenters. The third-order valence-electron chi connectivity index (χ3n) is 7.21. The molecular weight excluding hydrogens is 597 g/mol. The maximum Gasteiger partial charge on any atom is 0.407 e. The summed E-state index contributed by atoms with van der Waals surface area (Å²) in [7, 11) is 0. The minimum atomic E-state index is -2.39. The predicted octanol–water partition coefficient (Wildman–Crippen LogP) is 2.31. The Morgan fingerprint density at radius 3 is 1.91 bits per heavy atom. The fourth-order valence-corrected chi connectivity index (χ4v) is 5.29. The molecule has 0 radical (unpaired) electrons. The van der Waals surface area contributed by atoms with Gasteiger partial charge >= 0.3 is 30.0 Å². The van der Waals surface area contributed by atoms with Crippen molar-refractivity contribution in [2.45, 2.75) is 76.5 Å². The summed E-state index contributed by atoms with van der Waals surface area (Å²) >= 11 is 0. The summed E-state index contributed by atoms with van der Waals surface area (Å²) in [5, 5.41) is 12.5. The number of fused-ring (bicyclic) bond motifs is 3. The number of carbonyl (C=O) groups excluding carboxylic acids is 5. The van der Waals surface area contributed by atoms with Gasteiger partial charge in [-0.05, 0) is 29.2 Å². The van der Waals surface area contributed by atoms with Crippen molar-refractivity contribution < 1.29 is 61.9 Å². The molecule has 1 aliphatic heterocycles. The molecule has 1 fully saturated rings. The molecule has 1 saturated heterocycles. The van der Waals surface area contributed by atoms with Crippen molar-refractivity contribution >= 4 is 30.0 Å². The van der Waals surface area contributed by atoms with Gasteiger partial charge in [0, 0.05) is 26.7 Å². The molecule has 4 rings (SSSR count). The summed E-state index contributed by atoms with van der Waals surface area (Å²) in [4.78, 5) is 60.8. The van der Waals surface area contributed by atoms with E-state index in [0.717, 1.165) is 43.0 Å². The van der Waals surface area contributed by atoms with Crippen LogP contribution in [0.15, 0.2) is 48.5 Å². The Labute approximate surface area is 257 Å². The maximum atomic E-state index is 15.6. The molecule has 1 heterocycles. The molecule has 0 saturated carbocycles. The highest BCUT2D eigenvalue weighted by Crippen LogP contribution is 2.44. The van der Waals surface area contributed by atoms with Crippen LogP contribution in [0, 0.1) is 0 Å². The molecule has 0 bridgehead atoms. The summed E-state index contributed by atoms with van der Waals surface area (Å²) in [6.07, 6.45) is -11.9. The number of halogens is 1. The summed E-state index contributed by atoms with van der Waals surface area (Å²) in [6.45, 7) is 3.62. The van der Waals surface area contributed by atoms with E-state index in [9.17, 15) is 29.1 Å². The Bertz CT molecular complexity index is 1390. The van der Waals surface area contributed by atoms with E-state index >= 15 is 4.39 Å². The Morgan fingerprint density at radius 2 is 1.38 bits per heavy atom. The Kier molecular flexibility index (Phi) is 10.7. The third-order valence-corrected chi connectivity index (χ3v) is 7.21. The van der Waals surface area contributed by atoms with Crippen molar-refractivity contribution in [1.82, 2.24) is 5.32 Å². The number of nitrogens with one attached hydrogen (secondary N) is 1. The lowest BCUT2D eigenvalue weighted by molar-refractivity contribution is -0.286. The molecule has 13 nitrogen and oxygen atoms in total. The largest absolute Gasteiger partial charge is 0.463 e. The normalized spacial score (nSPS) is 23.4. The second kappa shape index (κ2) is 14.5. The quantitative estimate of drug-likeness (QED) is 0.290. The molecule has 0 spiro atoms. The fourth-order valence-electron chi connectivity index (χ4n) is 5.29.